The molecular weight excluding hydrogens is 458 g/mol. The van der Waals surface area contributed by atoms with Crippen molar-refractivity contribution in [2.75, 3.05) is 11.9 Å². The van der Waals surface area contributed by atoms with Crippen LogP contribution in [0.4, 0.5) is 11.5 Å². The van der Waals surface area contributed by atoms with Crippen LogP contribution in [0.5, 0.6) is 5.75 Å². The van der Waals surface area contributed by atoms with Gasteiger partial charge in [0.15, 0.2) is 6.61 Å². The number of hydrogen-bond acceptors (Lipinski definition) is 6. The second kappa shape index (κ2) is 8.73. The summed E-state index contributed by atoms with van der Waals surface area (Å²) in [6.45, 7) is 2.31. The number of nitrogens with one attached hydrogen (secondary N) is 2. The van der Waals surface area contributed by atoms with Crippen molar-refractivity contribution >= 4 is 41.4 Å². The molecule has 36 heavy (non-hydrogen) atoms. The molecule has 1 unspecified atom stereocenters. The van der Waals surface area contributed by atoms with Crippen molar-refractivity contribution in [1.29, 1.82) is 0 Å². The van der Waals surface area contributed by atoms with Crippen LogP contribution in [0.1, 0.15) is 33.1 Å². The van der Waals surface area contributed by atoms with Crippen LogP contribution in [0.3, 0.4) is 0 Å². The summed E-state index contributed by atoms with van der Waals surface area (Å²) >= 11 is 0. The summed E-state index contributed by atoms with van der Waals surface area (Å²) in [5.41, 5.74) is 4.51. The summed E-state index contributed by atoms with van der Waals surface area (Å²) in [5.74, 6) is 0.676. The van der Waals surface area contributed by atoms with Crippen LogP contribution < -0.4 is 15.4 Å². The van der Waals surface area contributed by atoms with E-state index in [0.717, 1.165) is 11.1 Å². The van der Waals surface area contributed by atoms with Crippen LogP contribution in [0.2, 0.25) is 0 Å². The minimum atomic E-state index is -0.337. The molecule has 0 bridgehead atoms. The number of carbonyl (C=O) groups is 2. The van der Waals surface area contributed by atoms with Crippen LogP contribution in [-0.2, 0) is 11.3 Å². The predicted octanol–water partition coefficient (Wildman–Crippen LogP) is 2.80. The lowest BCUT2D eigenvalue weighted by Crippen LogP contribution is -2.26. The van der Waals surface area contributed by atoms with Gasteiger partial charge in [-0.15, -0.1) is 4.68 Å². The van der Waals surface area contributed by atoms with Crippen LogP contribution in [0, 0.1) is 6.92 Å². The molecule has 0 fully saturated rings. The molecule has 1 atom stereocenters. The fourth-order valence-electron chi connectivity index (χ4n) is 4.16. The zero-order chi connectivity index (χ0) is 24.6. The molecule has 0 radical (unpaired) electrons. The van der Waals surface area contributed by atoms with Gasteiger partial charge in [-0.25, -0.2) is 4.98 Å². The number of amides is 2. The van der Waals surface area contributed by atoms with E-state index in [4.69, 9.17) is 4.74 Å². The van der Waals surface area contributed by atoms with Crippen LogP contribution in [0.25, 0.3) is 5.65 Å². The number of hydrazone groups is 1. The second-order valence-electron chi connectivity index (χ2n) is 8.65. The number of benzene rings is 2. The summed E-state index contributed by atoms with van der Waals surface area (Å²) in [6.07, 6.45) is 5.47. The number of aryl methyl sites for hydroxylation is 1. The third-order valence-corrected chi connectivity index (χ3v) is 6.05. The highest BCUT2D eigenvalue weighted by Gasteiger charge is 2.25. The minimum absolute atomic E-state index is 0.00157. The monoisotopic (exact) mass is 480 g/mol. The zero-order valence-electron chi connectivity index (χ0n) is 19.4. The predicted molar refractivity (Wildman–Crippen MR) is 133 cm³/mol. The molecule has 0 aliphatic carbocycles. The van der Waals surface area contributed by atoms with E-state index in [1.807, 2.05) is 18.5 Å². The van der Waals surface area contributed by atoms with Crippen molar-refractivity contribution in [3.63, 3.8) is 0 Å². The SMILES string of the molecule is Cc1ccc(C2C=N[N+](c3cc(C(=O)NCc4ccc5c(c4)NC(=O)CO5)nc4ccnn34)=C2)cc1. The molecule has 2 N–H and O–H groups in total. The molecule has 0 saturated heterocycles. The zero-order valence-corrected chi connectivity index (χ0v) is 19.4. The van der Waals surface area contributed by atoms with Gasteiger partial charge < -0.3 is 15.4 Å². The molecule has 2 aliphatic heterocycles. The number of carbonyl (C=O) groups excluding carboxylic acids is 2. The first-order valence-corrected chi connectivity index (χ1v) is 11.5. The Balaban J connectivity index is 1.24. The van der Waals surface area contributed by atoms with E-state index < -0.39 is 0 Å². The first-order chi connectivity index (χ1) is 17.5. The number of fused-ring (bicyclic) bond motifs is 2. The first kappa shape index (κ1) is 21.7. The van der Waals surface area contributed by atoms with Crippen molar-refractivity contribution in [3.05, 3.63) is 83.2 Å². The molecule has 6 rings (SSSR count). The van der Waals surface area contributed by atoms with E-state index in [1.54, 1.807) is 39.7 Å². The molecular formula is C26H22N7O3+. The van der Waals surface area contributed by atoms with Gasteiger partial charge in [-0.3, -0.25) is 9.59 Å². The maximum absolute atomic E-state index is 13.0. The Labute approximate surface area is 205 Å². The fraction of sp³-hybridized carbons (Fsp3) is 0.154. The molecule has 2 aromatic carbocycles. The second-order valence-corrected chi connectivity index (χ2v) is 8.65. The number of nitrogens with zero attached hydrogens (tertiary/aromatic N) is 5. The molecule has 0 spiro atoms. The van der Waals surface area contributed by atoms with Gasteiger partial charge in [0.1, 0.15) is 17.7 Å². The Bertz CT molecular complexity index is 1570. The molecule has 4 aromatic rings. The van der Waals surface area contributed by atoms with E-state index in [1.165, 1.54) is 5.56 Å². The quantitative estimate of drug-likeness (QED) is 0.427. The number of rotatable bonds is 5. The third-order valence-electron chi connectivity index (χ3n) is 6.05. The van der Waals surface area contributed by atoms with Gasteiger partial charge in [-0.2, -0.15) is 0 Å². The van der Waals surface area contributed by atoms with Crippen molar-refractivity contribution in [2.24, 2.45) is 5.10 Å². The van der Waals surface area contributed by atoms with E-state index in [-0.39, 0.29) is 36.6 Å². The molecule has 10 heteroatoms. The van der Waals surface area contributed by atoms with Crippen molar-refractivity contribution in [2.45, 2.75) is 19.4 Å². The number of ether oxygens (including phenoxy) is 1. The van der Waals surface area contributed by atoms with Crippen molar-refractivity contribution < 1.29 is 19.0 Å². The number of anilines is 1. The lowest BCUT2D eigenvalue weighted by molar-refractivity contribution is -0.442. The molecule has 2 aliphatic rings. The van der Waals surface area contributed by atoms with Crippen molar-refractivity contribution in [3.8, 4) is 5.75 Å². The van der Waals surface area contributed by atoms with E-state index in [0.29, 0.717) is 22.9 Å². The average molecular weight is 481 g/mol. The third kappa shape index (κ3) is 4.09. The van der Waals surface area contributed by atoms with Crippen LogP contribution in [-0.4, -0.2) is 50.1 Å². The van der Waals surface area contributed by atoms with Gasteiger partial charge in [0.25, 0.3) is 17.5 Å². The number of hydrogen-bond donors (Lipinski definition) is 2. The Kier molecular flexibility index (Phi) is 5.25. The van der Waals surface area contributed by atoms with Crippen LogP contribution in [0.15, 0.2) is 65.9 Å². The highest BCUT2D eigenvalue weighted by atomic mass is 16.5. The molecule has 10 nitrogen and oxygen atoms in total. The minimum Gasteiger partial charge on any atom is -0.482 e. The Morgan fingerprint density at radius 1 is 1.19 bits per heavy atom. The fourth-order valence-corrected chi connectivity index (χ4v) is 4.16. The maximum atomic E-state index is 13.0. The summed E-state index contributed by atoms with van der Waals surface area (Å²) in [6, 6.07) is 17.1. The molecule has 0 saturated carbocycles. The highest BCUT2D eigenvalue weighted by Crippen LogP contribution is 2.28. The topological polar surface area (TPSA) is 113 Å². The average Bonchev–Trinajstić information content (AvgIpc) is 3.57. The summed E-state index contributed by atoms with van der Waals surface area (Å²) in [4.78, 5) is 29.1. The normalized spacial score (nSPS) is 16.3. The largest absolute Gasteiger partial charge is 0.482 e. The summed E-state index contributed by atoms with van der Waals surface area (Å²) in [7, 11) is 0. The van der Waals surface area contributed by atoms with E-state index in [9.17, 15) is 9.59 Å². The van der Waals surface area contributed by atoms with Gasteiger partial charge >= 0.3 is 5.82 Å². The van der Waals surface area contributed by atoms with Crippen molar-refractivity contribution in [1.82, 2.24) is 19.9 Å². The van der Waals surface area contributed by atoms with Gasteiger partial charge in [-0.1, -0.05) is 50.6 Å². The standard InChI is InChI=1S/C26H21N7O3/c1-16-2-5-18(6-3-16)19-13-29-32(14-19)25-11-21(30-23-8-9-28-33(23)25)26(35)27-12-17-4-7-22-20(10-17)31-24(34)15-36-22/h2-11,13-14,19H,12,15H2,1H3,(H-,27,31,34,35)/p+1. The lowest BCUT2D eigenvalue weighted by Gasteiger charge is -2.18. The highest BCUT2D eigenvalue weighted by molar-refractivity contribution is 5.96. The summed E-state index contributed by atoms with van der Waals surface area (Å²) in [5, 5.41) is 14.6. The maximum Gasteiger partial charge on any atom is 0.336 e. The van der Waals surface area contributed by atoms with Gasteiger partial charge in [-0.05, 0) is 30.2 Å². The van der Waals surface area contributed by atoms with E-state index in [2.05, 4.69) is 57.0 Å². The Morgan fingerprint density at radius 3 is 2.92 bits per heavy atom. The molecule has 4 heterocycles. The molecule has 2 amide bonds. The lowest BCUT2D eigenvalue weighted by atomic mass is 10.0. The van der Waals surface area contributed by atoms with Gasteiger partial charge in [0.2, 0.25) is 0 Å². The smallest absolute Gasteiger partial charge is 0.336 e. The first-order valence-electron chi connectivity index (χ1n) is 11.5. The molecule has 178 valence electrons. The molecule has 2 aromatic heterocycles. The van der Waals surface area contributed by atoms with Crippen LogP contribution >= 0.6 is 0 Å². The van der Waals surface area contributed by atoms with Gasteiger partial charge in [0.05, 0.1) is 30.1 Å². The number of aromatic nitrogens is 3. The summed E-state index contributed by atoms with van der Waals surface area (Å²) < 4.78 is 8.75. The van der Waals surface area contributed by atoms with E-state index >= 15 is 0 Å². The van der Waals surface area contributed by atoms with Gasteiger partial charge in [0, 0.05) is 12.6 Å². The Hall–Kier alpha value is -4.86. The Morgan fingerprint density at radius 2 is 2.06 bits per heavy atom.